The van der Waals surface area contributed by atoms with Crippen molar-refractivity contribution in [3.05, 3.63) is 97.6 Å². The summed E-state index contributed by atoms with van der Waals surface area (Å²) in [5.74, 6) is -2.56. The first-order valence-corrected chi connectivity index (χ1v) is 13.2. The van der Waals surface area contributed by atoms with Gasteiger partial charge in [0.25, 0.3) is 23.6 Å². The van der Waals surface area contributed by atoms with Crippen LogP contribution in [0, 0.1) is 27.7 Å². The number of hydrogen-bond acceptors (Lipinski definition) is 4. The minimum atomic E-state index is -4.85. The fourth-order valence-electron chi connectivity index (χ4n) is 6.18. The minimum absolute atomic E-state index is 0.0229. The molecule has 1 atom stereocenters. The number of benzene rings is 3. The molecule has 0 aliphatic carbocycles. The van der Waals surface area contributed by atoms with E-state index < -0.39 is 35.2 Å². The predicted octanol–water partition coefficient (Wildman–Crippen LogP) is 6.38. The SMILES string of the molecule is CCc1c(C)c(C)c(C)c(N2C(=O)c3ccc(C(C)(c4ccc5c(c4)C(=O)N(C)C5=O)C(F)(F)F)cc3C2=O)c1C. The molecule has 3 aromatic rings. The van der Waals surface area contributed by atoms with E-state index in [0.717, 1.165) is 56.7 Å². The van der Waals surface area contributed by atoms with Crippen molar-refractivity contribution in [1.29, 1.82) is 0 Å². The summed E-state index contributed by atoms with van der Waals surface area (Å²) in [5, 5.41) is 0. The van der Waals surface area contributed by atoms with Crippen LogP contribution in [0.4, 0.5) is 18.9 Å². The summed E-state index contributed by atoms with van der Waals surface area (Å²) < 4.78 is 44.7. The molecule has 0 aromatic heterocycles. The molecule has 0 saturated carbocycles. The smallest absolute Gasteiger partial charge is 0.277 e. The topological polar surface area (TPSA) is 74.8 Å². The maximum absolute atomic E-state index is 14.9. The van der Waals surface area contributed by atoms with Crippen LogP contribution in [0.1, 0.15) is 94.2 Å². The average Bonchev–Trinajstić information content (AvgIpc) is 3.30. The summed E-state index contributed by atoms with van der Waals surface area (Å²) in [5.41, 5.74) is 1.67. The number of carbonyl (C=O) groups excluding carboxylic acids is 4. The van der Waals surface area contributed by atoms with Crippen LogP contribution >= 0.6 is 0 Å². The van der Waals surface area contributed by atoms with E-state index in [-0.39, 0.29) is 33.4 Å². The van der Waals surface area contributed by atoms with Crippen LogP contribution < -0.4 is 4.90 Å². The van der Waals surface area contributed by atoms with E-state index in [4.69, 9.17) is 0 Å². The number of fused-ring (bicyclic) bond motifs is 2. The van der Waals surface area contributed by atoms with E-state index in [1.165, 1.54) is 31.3 Å². The number of amides is 4. The monoisotopic (exact) mass is 562 g/mol. The summed E-state index contributed by atoms with van der Waals surface area (Å²) >= 11 is 0. The van der Waals surface area contributed by atoms with Crippen LogP contribution in [0.15, 0.2) is 36.4 Å². The van der Waals surface area contributed by atoms with Crippen molar-refractivity contribution in [2.75, 3.05) is 11.9 Å². The lowest BCUT2D eigenvalue weighted by atomic mass is 9.74. The predicted molar refractivity (Wildman–Crippen MR) is 148 cm³/mol. The fraction of sp³-hybridized carbons (Fsp3) is 0.312. The normalized spacial score (nSPS) is 16.4. The molecule has 5 rings (SSSR count). The Hall–Kier alpha value is -4.27. The van der Waals surface area contributed by atoms with Gasteiger partial charge in [-0.25, -0.2) is 4.90 Å². The molecule has 0 fully saturated rings. The lowest BCUT2D eigenvalue weighted by Crippen LogP contribution is -2.41. The van der Waals surface area contributed by atoms with Gasteiger partial charge in [0.05, 0.1) is 27.9 Å². The molecule has 0 radical (unpaired) electrons. The standard InChI is InChI=1S/C32H29F3N2O4/c1-8-21-16(3)15(2)17(4)26(18(21)5)37-29(40)23-12-10-20(14-25(23)30(37)41)31(6,32(33,34)35)19-9-11-22-24(13-19)28(39)36(7)27(22)38/h9-14H,8H2,1-7H3. The van der Waals surface area contributed by atoms with E-state index in [1.54, 1.807) is 0 Å². The molecule has 2 aliphatic rings. The Morgan fingerprint density at radius 1 is 0.659 bits per heavy atom. The zero-order valence-corrected chi connectivity index (χ0v) is 23.8. The van der Waals surface area contributed by atoms with Crippen LogP contribution in [0.3, 0.4) is 0 Å². The van der Waals surface area contributed by atoms with Gasteiger partial charge in [0.2, 0.25) is 0 Å². The summed E-state index contributed by atoms with van der Waals surface area (Å²) in [6.07, 6.45) is -4.16. The Bertz CT molecular complexity index is 1720. The molecule has 0 N–H and O–H groups in total. The van der Waals surface area contributed by atoms with Gasteiger partial charge in [0.15, 0.2) is 0 Å². The number of hydrogen-bond donors (Lipinski definition) is 0. The zero-order chi connectivity index (χ0) is 30.3. The highest BCUT2D eigenvalue weighted by Gasteiger charge is 2.55. The van der Waals surface area contributed by atoms with Crippen molar-refractivity contribution in [1.82, 2.24) is 4.90 Å². The first-order chi connectivity index (χ1) is 19.1. The average molecular weight is 563 g/mol. The van der Waals surface area contributed by atoms with Crippen LogP contribution in [0.5, 0.6) is 0 Å². The number of rotatable bonds is 4. The quantitative estimate of drug-likeness (QED) is 0.346. The molecule has 3 aromatic carbocycles. The van der Waals surface area contributed by atoms with E-state index in [2.05, 4.69) is 0 Å². The molecule has 2 heterocycles. The van der Waals surface area contributed by atoms with Crippen molar-refractivity contribution in [2.24, 2.45) is 0 Å². The van der Waals surface area contributed by atoms with Crippen LogP contribution in [0.2, 0.25) is 0 Å². The van der Waals surface area contributed by atoms with E-state index in [9.17, 15) is 32.3 Å². The molecule has 0 bridgehead atoms. The lowest BCUT2D eigenvalue weighted by Gasteiger charge is -2.33. The third kappa shape index (κ3) is 3.71. The zero-order valence-electron chi connectivity index (χ0n) is 23.8. The Morgan fingerprint density at radius 2 is 1.12 bits per heavy atom. The molecular weight excluding hydrogens is 533 g/mol. The van der Waals surface area contributed by atoms with Gasteiger partial charge in [0.1, 0.15) is 5.41 Å². The third-order valence-electron chi connectivity index (χ3n) is 9.02. The second-order valence-corrected chi connectivity index (χ2v) is 10.9. The number of nitrogens with zero attached hydrogens (tertiary/aromatic N) is 2. The fourth-order valence-corrected chi connectivity index (χ4v) is 6.18. The molecule has 9 heteroatoms. The molecular formula is C32H29F3N2O4. The van der Waals surface area contributed by atoms with E-state index in [1.807, 2.05) is 34.6 Å². The van der Waals surface area contributed by atoms with Gasteiger partial charge in [-0.2, -0.15) is 13.2 Å². The summed E-state index contributed by atoms with van der Waals surface area (Å²) in [6, 6.07) is 7.08. The Morgan fingerprint density at radius 3 is 1.63 bits per heavy atom. The molecule has 1 unspecified atom stereocenters. The second-order valence-electron chi connectivity index (χ2n) is 10.9. The largest absolute Gasteiger partial charge is 0.402 e. The van der Waals surface area contributed by atoms with Crippen molar-refractivity contribution in [3.63, 3.8) is 0 Å². The molecule has 6 nitrogen and oxygen atoms in total. The van der Waals surface area contributed by atoms with Crippen molar-refractivity contribution in [2.45, 2.75) is 59.6 Å². The Labute approximate surface area is 235 Å². The highest BCUT2D eigenvalue weighted by Crippen LogP contribution is 2.48. The highest BCUT2D eigenvalue weighted by atomic mass is 19.4. The second kappa shape index (κ2) is 9.12. The van der Waals surface area contributed by atoms with Crippen LogP contribution in [-0.4, -0.2) is 41.8 Å². The van der Waals surface area contributed by atoms with E-state index in [0.29, 0.717) is 12.1 Å². The number of halogens is 3. The Kier molecular flexibility index (Phi) is 6.29. The van der Waals surface area contributed by atoms with Gasteiger partial charge in [-0.1, -0.05) is 19.1 Å². The van der Waals surface area contributed by atoms with Crippen molar-refractivity contribution >= 4 is 29.3 Å². The maximum Gasteiger partial charge on any atom is 0.402 e. The summed E-state index contributed by atoms with van der Waals surface area (Å²) in [7, 11) is 1.27. The summed E-state index contributed by atoms with van der Waals surface area (Å²) in [4.78, 5) is 54.1. The van der Waals surface area contributed by atoms with Crippen molar-refractivity contribution in [3.8, 4) is 0 Å². The summed E-state index contributed by atoms with van der Waals surface area (Å²) in [6.45, 7) is 10.5. The van der Waals surface area contributed by atoms with Crippen LogP contribution in [0.25, 0.3) is 0 Å². The Balaban J connectivity index is 1.66. The van der Waals surface area contributed by atoms with Gasteiger partial charge in [-0.3, -0.25) is 24.1 Å². The minimum Gasteiger partial charge on any atom is -0.277 e. The molecule has 4 amide bonds. The van der Waals surface area contributed by atoms with Gasteiger partial charge in [0, 0.05) is 7.05 Å². The molecule has 0 spiro atoms. The lowest BCUT2D eigenvalue weighted by molar-refractivity contribution is -0.173. The number of anilines is 1. The number of alkyl halides is 3. The van der Waals surface area contributed by atoms with Crippen molar-refractivity contribution < 1.29 is 32.3 Å². The molecule has 0 saturated heterocycles. The molecule has 2 aliphatic heterocycles. The van der Waals surface area contributed by atoms with Gasteiger partial charge in [-0.05, 0) is 104 Å². The molecule has 212 valence electrons. The van der Waals surface area contributed by atoms with Gasteiger partial charge in [-0.15, -0.1) is 0 Å². The maximum atomic E-state index is 14.9. The van der Waals surface area contributed by atoms with E-state index >= 15 is 0 Å². The number of imide groups is 2. The molecule has 41 heavy (non-hydrogen) atoms. The first kappa shape index (κ1) is 28.3. The first-order valence-electron chi connectivity index (χ1n) is 13.2. The highest BCUT2D eigenvalue weighted by molar-refractivity contribution is 6.35. The van der Waals surface area contributed by atoms with Gasteiger partial charge < -0.3 is 0 Å². The van der Waals surface area contributed by atoms with Gasteiger partial charge >= 0.3 is 6.18 Å². The number of carbonyl (C=O) groups is 4. The third-order valence-corrected chi connectivity index (χ3v) is 9.02. The van der Waals surface area contributed by atoms with Crippen LogP contribution in [-0.2, 0) is 11.8 Å².